The molecular formula is C12H16F2N2O2S. The van der Waals surface area contributed by atoms with Crippen molar-refractivity contribution in [2.75, 3.05) is 19.6 Å². The Morgan fingerprint density at radius 3 is 2.53 bits per heavy atom. The molecular weight excluding hydrogens is 274 g/mol. The zero-order chi connectivity index (χ0) is 13.9. The quantitative estimate of drug-likeness (QED) is 0.843. The van der Waals surface area contributed by atoms with Crippen LogP contribution in [0, 0.1) is 11.6 Å². The van der Waals surface area contributed by atoms with Gasteiger partial charge in [-0.15, -0.1) is 0 Å². The summed E-state index contributed by atoms with van der Waals surface area (Å²) in [7, 11) is -3.35. The number of sulfonamides is 1. The van der Waals surface area contributed by atoms with Crippen molar-refractivity contribution in [1.82, 2.24) is 10.0 Å². The van der Waals surface area contributed by atoms with Gasteiger partial charge in [-0.05, 0) is 37.1 Å². The van der Waals surface area contributed by atoms with Crippen LogP contribution >= 0.6 is 0 Å². The van der Waals surface area contributed by atoms with Gasteiger partial charge in [0, 0.05) is 19.2 Å². The highest BCUT2D eigenvalue weighted by Crippen LogP contribution is 2.10. The molecule has 1 aliphatic rings. The summed E-state index contributed by atoms with van der Waals surface area (Å²) in [6.45, 7) is 1.28. The molecule has 7 heteroatoms. The highest BCUT2D eigenvalue weighted by atomic mass is 32.2. The van der Waals surface area contributed by atoms with E-state index >= 15 is 0 Å². The molecule has 2 rings (SSSR count). The highest BCUT2D eigenvalue weighted by molar-refractivity contribution is 7.90. The lowest BCUT2D eigenvalue weighted by Crippen LogP contribution is -2.36. The van der Waals surface area contributed by atoms with Gasteiger partial charge in [-0.2, -0.15) is 0 Å². The maximum atomic E-state index is 12.9. The van der Waals surface area contributed by atoms with Crippen molar-refractivity contribution in [3.05, 3.63) is 35.4 Å². The first-order valence-corrected chi connectivity index (χ1v) is 7.66. The van der Waals surface area contributed by atoms with Gasteiger partial charge in [-0.1, -0.05) is 0 Å². The van der Waals surface area contributed by atoms with Crippen LogP contribution in [-0.2, 0) is 16.4 Å². The first-order chi connectivity index (χ1) is 8.97. The Labute approximate surface area is 111 Å². The average Bonchev–Trinajstić information content (AvgIpc) is 2.81. The van der Waals surface area contributed by atoms with E-state index in [4.69, 9.17) is 0 Å². The average molecular weight is 290 g/mol. The van der Waals surface area contributed by atoms with E-state index in [1.807, 2.05) is 0 Å². The van der Waals surface area contributed by atoms with Crippen molar-refractivity contribution >= 4 is 10.0 Å². The summed E-state index contributed by atoms with van der Waals surface area (Å²) in [6.07, 6.45) is 0.845. The van der Waals surface area contributed by atoms with Crippen LogP contribution in [0.4, 0.5) is 8.78 Å². The zero-order valence-corrected chi connectivity index (χ0v) is 11.1. The van der Waals surface area contributed by atoms with Gasteiger partial charge in [0.15, 0.2) is 0 Å². The molecule has 2 N–H and O–H groups in total. The number of halogens is 2. The summed E-state index contributed by atoms with van der Waals surface area (Å²) in [4.78, 5) is 0. The monoisotopic (exact) mass is 290 g/mol. The molecule has 4 nitrogen and oxygen atoms in total. The standard InChI is InChI=1S/C12H16F2N2O2S/c13-10-5-9(6-11(14)7-10)1-4-16-19(17,18)12-2-3-15-8-12/h5-7,12,15-16H,1-4,8H2. The number of hydrogen-bond acceptors (Lipinski definition) is 3. The second-order valence-corrected chi connectivity index (χ2v) is 6.63. The van der Waals surface area contributed by atoms with Crippen LogP contribution in [0.25, 0.3) is 0 Å². The van der Waals surface area contributed by atoms with E-state index < -0.39 is 26.9 Å². The molecule has 0 bridgehead atoms. The van der Waals surface area contributed by atoms with E-state index in [9.17, 15) is 17.2 Å². The molecule has 1 fully saturated rings. The van der Waals surface area contributed by atoms with Crippen LogP contribution < -0.4 is 10.0 Å². The molecule has 0 saturated carbocycles. The summed E-state index contributed by atoms with van der Waals surface area (Å²) in [6, 6.07) is 3.20. The molecule has 106 valence electrons. The molecule has 1 saturated heterocycles. The minimum atomic E-state index is -3.35. The largest absolute Gasteiger partial charge is 0.315 e. The third kappa shape index (κ3) is 3.95. The first-order valence-electron chi connectivity index (χ1n) is 6.11. The SMILES string of the molecule is O=S(=O)(NCCc1cc(F)cc(F)c1)C1CCNC1. The van der Waals surface area contributed by atoms with Gasteiger partial charge in [0.1, 0.15) is 11.6 Å². The Balaban J connectivity index is 1.89. The van der Waals surface area contributed by atoms with Crippen molar-refractivity contribution in [3.63, 3.8) is 0 Å². The van der Waals surface area contributed by atoms with Gasteiger partial charge in [0.05, 0.1) is 5.25 Å². The molecule has 0 aliphatic carbocycles. The van der Waals surface area contributed by atoms with E-state index in [2.05, 4.69) is 10.0 Å². The van der Waals surface area contributed by atoms with E-state index in [-0.39, 0.29) is 13.0 Å². The lowest BCUT2D eigenvalue weighted by Gasteiger charge is -2.11. The molecule has 1 aliphatic heterocycles. The predicted octanol–water partition coefficient (Wildman–Crippen LogP) is 0.789. The Hall–Kier alpha value is -1.05. The summed E-state index contributed by atoms with van der Waals surface area (Å²) in [5.41, 5.74) is 0.435. The van der Waals surface area contributed by atoms with Crippen LogP contribution in [0.5, 0.6) is 0 Å². The molecule has 1 unspecified atom stereocenters. The molecule has 0 amide bonds. The second kappa shape index (κ2) is 5.94. The minimum absolute atomic E-state index is 0.141. The molecule has 1 heterocycles. The van der Waals surface area contributed by atoms with Crippen molar-refractivity contribution < 1.29 is 17.2 Å². The molecule has 1 atom stereocenters. The van der Waals surface area contributed by atoms with Gasteiger partial charge in [0.25, 0.3) is 0 Å². The van der Waals surface area contributed by atoms with E-state index in [1.54, 1.807) is 0 Å². The van der Waals surface area contributed by atoms with Gasteiger partial charge in [-0.25, -0.2) is 21.9 Å². The van der Waals surface area contributed by atoms with Gasteiger partial charge in [-0.3, -0.25) is 0 Å². The van der Waals surface area contributed by atoms with E-state index in [1.165, 1.54) is 12.1 Å². The van der Waals surface area contributed by atoms with Crippen molar-refractivity contribution in [2.45, 2.75) is 18.1 Å². The summed E-state index contributed by atoms with van der Waals surface area (Å²) < 4.78 is 52.1. The lowest BCUT2D eigenvalue weighted by molar-refractivity contribution is 0.566. The van der Waals surface area contributed by atoms with E-state index in [0.29, 0.717) is 25.1 Å². The smallest absolute Gasteiger partial charge is 0.215 e. The van der Waals surface area contributed by atoms with Gasteiger partial charge in [0.2, 0.25) is 10.0 Å². The maximum absolute atomic E-state index is 12.9. The summed E-state index contributed by atoms with van der Waals surface area (Å²) in [5, 5.41) is 2.56. The first kappa shape index (κ1) is 14.4. The number of benzene rings is 1. The van der Waals surface area contributed by atoms with Crippen LogP contribution in [0.3, 0.4) is 0 Å². The molecule has 19 heavy (non-hydrogen) atoms. The zero-order valence-electron chi connectivity index (χ0n) is 10.3. The van der Waals surface area contributed by atoms with Gasteiger partial charge >= 0.3 is 0 Å². The number of rotatable bonds is 5. The Morgan fingerprint density at radius 1 is 1.26 bits per heavy atom. The van der Waals surface area contributed by atoms with Gasteiger partial charge < -0.3 is 5.32 Å². The molecule has 1 aromatic rings. The Kier molecular flexibility index (Phi) is 4.49. The summed E-state index contributed by atoms with van der Waals surface area (Å²) >= 11 is 0. The molecule has 1 aromatic carbocycles. The number of nitrogens with one attached hydrogen (secondary N) is 2. The van der Waals surface area contributed by atoms with Crippen LogP contribution in [0.2, 0.25) is 0 Å². The third-order valence-electron chi connectivity index (χ3n) is 3.09. The fourth-order valence-corrected chi connectivity index (χ4v) is 3.49. The fourth-order valence-electron chi connectivity index (χ4n) is 2.10. The fraction of sp³-hybridized carbons (Fsp3) is 0.500. The lowest BCUT2D eigenvalue weighted by atomic mass is 10.1. The Morgan fingerprint density at radius 2 is 1.95 bits per heavy atom. The van der Waals surface area contributed by atoms with E-state index in [0.717, 1.165) is 6.07 Å². The number of hydrogen-bond donors (Lipinski definition) is 2. The molecule has 0 aromatic heterocycles. The summed E-state index contributed by atoms with van der Waals surface area (Å²) in [5.74, 6) is -1.31. The van der Waals surface area contributed by atoms with Crippen molar-refractivity contribution in [1.29, 1.82) is 0 Å². The molecule has 0 radical (unpaired) electrons. The van der Waals surface area contributed by atoms with Crippen LogP contribution in [0.15, 0.2) is 18.2 Å². The van der Waals surface area contributed by atoms with Crippen LogP contribution in [-0.4, -0.2) is 33.3 Å². The highest BCUT2D eigenvalue weighted by Gasteiger charge is 2.27. The maximum Gasteiger partial charge on any atom is 0.215 e. The third-order valence-corrected chi connectivity index (χ3v) is 4.98. The van der Waals surface area contributed by atoms with Crippen molar-refractivity contribution in [3.8, 4) is 0 Å². The minimum Gasteiger partial charge on any atom is -0.315 e. The molecule has 0 spiro atoms. The van der Waals surface area contributed by atoms with Crippen molar-refractivity contribution in [2.24, 2.45) is 0 Å². The Bertz CT molecular complexity index is 522. The predicted molar refractivity (Wildman–Crippen MR) is 68.3 cm³/mol. The topological polar surface area (TPSA) is 58.2 Å². The van der Waals surface area contributed by atoms with Crippen LogP contribution in [0.1, 0.15) is 12.0 Å². The second-order valence-electron chi connectivity index (χ2n) is 4.58. The normalized spacial score (nSPS) is 19.8.